The topological polar surface area (TPSA) is 102 Å². The highest BCUT2D eigenvalue weighted by Crippen LogP contribution is 2.20. The normalized spacial score (nSPS) is 10.5. The molecule has 0 saturated carbocycles. The van der Waals surface area contributed by atoms with Crippen LogP contribution in [0.1, 0.15) is 5.56 Å². The molecule has 1 rings (SSSR count). The van der Waals surface area contributed by atoms with Crippen LogP contribution in [-0.4, -0.2) is 17.5 Å². The Morgan fingerprint density at radius 2 is 2.11 bits per heavy atom. The van der Waals surface area contributed by atoms with Crippen LogP contribution in [0.5, 0.6) is 5.75 Å². The Morgan fingerprint density at radius 3 is 2.67 bits per heavy atom. The number of ether oxygens (including phenoxy) is 1. The van der Waals surface area contributed by atoms with E-state index in [-0.39, 0.29) is 17.2 Å². The van der Waals surface area contributed by atoms with E-state index >= 15 is 0 Å². The molecule has 0 saturated heterocycles. The molecule has 0 spiro atoms. The molecular formula is C12H11N3O2S. The van der Waals surface area contributed by atoms with Gasteiger partial charge in [0.05, 0.1) is 5.57 Å². The number of benzene rings is 1. The molecule has 0 heterocycles. The average Bonchev–Trinajstić information content (AvgIpc) is 2.34. The van der Waals surface area contributed by atoms with E-state index in [0.29, 0.717) is 11.3 Å². The maximum Gasteiger partial charge on any atom is 0.255 e. The van der Waals surface area contributed by atoms with Crippen molar-refractivity contribution in [2.24, 2.45) is 11.5 Å². The minimum atomic E-state index is -0.580. The van der Waals surface area contributed by atoms with Gasteiger partial charge in [0.15, 0.2) is 6.61 Å². The highest BCUT2D eigenvalue weighted by atomic mass is 32.1. The highest BCUT2D eigenvalue weighted by molar-refractivity contribution is 7.80. The standard InChI is InChI=1S/C12H11N3O2S/c13-6-9(12(15)18)5-8-3-1-2-4-10(8)17-7-11(14)16/h1-5H,7H2,(H2,14,16)(H2,15,18)/b9-5+. The number of hydrogen-bond acceptors (Lipinski definition) is 4. The van der Waals surface area contributed by atoms with Gasteiger partial charge in [0.1, 0.15) is 16.8 Å². The molecule has 0 bridgehead atoms. The van der Waals surface area contributed by atoms with Gasteiger partial charge < -0.3 is 16.2 Å². The van der Waals surface area contributed by atoms with Crippen LogP contribution in [-0.2, 0) is 4.79 Å². The van der Waals surface area contributed by atoms with E-state index in [4.69, 9.17) is 33.7 Å². The molecule has 5 nitrogen and oxygen atoms in total. The summed E-state index contributed by atoms with van der Waals surface area (Å²) in [6.07, 6.45) is 1.50. The third-order valence-electron chi connectivity index (χ3n) is 1.97. The van der Waals surface area contributed by atoms with Gasteiger partial charge in [-0.15, -0.1) is 0 Å². The minimum Gasteiger partial charge on any atom is -0.483 e. The van der Waals surface area contributed by atoms with E-state index in [9.17, 15) is 4.79 Å². The van der Waals surface area contributed by atoms with Crippen LogP contribution in [0.3, 0.4) is 0 Å². The van der Waals surface area contributed by atoms with Crippen LogP contribution in [0.2, 0.25) is 0 Å². The molecule has 0 aliphatic heterocycles. The van der Waals surface area contributed by atoms with Crippen molar-refractivity contribution in [3.05, 3.63) is 35.4 Å². The van der Waals surface area contributed by atoms with Gasteiger partial charge >= 0.3 is 0 Å². The molecule has 1 amide bonds. The van der Waals surface area contributed by atoms with Crippen LogP contribution in [0.4, 0.5) is 0 Å². The molecule has 0 radical (unpaired) electrons. The molecule has 0 unspecified atom stereocenters. The average molecular weight is 261 g/mol. The second kappa shape index (κ2) is 6.37. The van der Waals surface area contributed by atoms with Crippen molar-refractivity contribution in [1.82, 2.24) is 0 Å². The lowest BCUT2D eigenvalue weighted by Gasteiger charge is -2.07. The molecular weight excluding hydrogens is 250 g/mol. The van der Waals surface area contributed by atoms with Gasteiger partial charge in [0, 0.05) is 5.56 Å². The second-order valence-corrected chi connectivity index (χ2v) is 3.77. The number of amides is 1. The van der Waals surface area contributed by atoms with Gasteiger partial charge in [0.25, 0.3) is 5.91 Å². The number of nitrogens with two attached hydrogens (primary N) is 2. The van der Waals surface area contributed by atoms with Gasteiger partial charge in [-0.2, -0.15) is 5.26 Å². The fraction of sp³-hybridized carbons (Fsp3) is 0.0833. The number of carbonyl (C=O) groups is 1. The third-order valence-corrected chi connectivity index (χ3v) is 2.19. The van der Waals surface area contributed by atoms with E-state index < -0.39 is 5.91 Å². The summed E-state index contributed by atoms with van der Waals surface area (Å²) in [5.74, 6) is -0.149. The first-order valence-corrected chi connectivity index (χ1v) is 5.37. The third kappa shape index (κ3) is 3.88. The smallest absolute Gasteiger partial charge is 0.255 e. The Balaban J connectivity index is 3.06. The van der Waals surface area contributed by atoms with Crippen molar-refractivity contribution in [3.63, 3.8) is 0 Å². The quantitative estimate of drug-likeness (QED) is 0.462. The van der Waals surface area contributed by atoms with E-state index in [1.807, 2.05) is 6.07 Å². The minimum absolute atomic E-state index is 0.00204. The number of para-hydroxylation sites is 1. The fourth-order valence-electron chi connectivity index (χ4n) is 1.19. The lowest BCUT2D eigenvalue weighted by molar-refractivity contribution is -0.119. The largest absolute Gasteiger partial charge is 0.483 e. The van der Waals surface area contributed by atoms with Crippen LogP contribution in [0, 0.1) is 11.3 Å². The fourth-order valence-corrected chi connectivity index (χ4v) is 1.30. The molecule has 1 aromatic carbocycles. The van der Waals surface area contributed by atoms with Crippen molar-refractivity contribution in [1.29, 1.82) is 5.26 Å². The van der Waals surface area contributed by atoms with Crippen LogP contribution in [0.25, 0.3) is 6.08 Å². The zero-order valence-electron chi connectivity index (χ0n) is 9.42. The summed E-state index contributed by atoms with van der Waals surface area (Å²) < 4.78 is 5.21. The predicted molar refractivity (Wildman–Crippen MR) is 71.5 cm³/mol. The van der Waals surface area contributed by atoms with E-state index in [0.717, 1.165) is 0 Å². The SMILES string of the molecule is N#C/C(=C\c1ccccc1OCC(N)=O)C(N)=S. The second-order valence-electron chi connectivity index (χ2n) is 3.33. The Kier molecular flexibility index (Phi) is 4.84. The number of primary amides is 1. The van der Waals surface area contributed by atoms with E-state index in [2.05, 4.69) is 0 Å². The van der Waals surface area contributed by atoms with Crippen LogP contribution in [0.15, 0.2) is 29.8 Å². The first kappa shape index (κ1) is 13.7. The van der Waals surface area contributed by atoms with Crippen molar-refractivity contribution in [2.75, 3.05) is 6.61 Å². The summed E-state index contributed by atoms with van der Waals surface area (Å²) in [4.78, 5) is 10.7. The highest BCUT2D eigenvalue weighted by Gasteiger charge is 2.05. The lowest BCUT2D eigenvalue weighted by atomic mass is 10.1. The Labute approximate surface area is 110 Å². The molecule has 0 atom stereocenters. The van der Waals surface area contributed by atoms with Crippen molar-refractivity contribution < 1.29 is 9.53 Å². The monoisotopic (exact) mass is 261 g/mol. The Bertz CT molecular complexity index is 546. The molecule has 6 heteroatoms. The molecule has 0 aliphatic carbocycles. The Hall–Kier alpha value is -2.39. The summed E-state index contributed by atoms with van der Waals surface area (Å²) in [6.45, 7) is -0.236. The van der Waals surface area contributed by atoms with Crippen LogP contribution < -0.4 is 16.2 Å². The zero-order valence-corrected chi connectivity index (χ0v) is 10.2. The van der Waals surface area contributed by atoms with Gasteiger partial charge in [0.2, 0.25) is 0 Å². The van der Waals surface area contributed by atoms with Gasteiger partial charge in [-0.1, -0.05) is 30.4 Å². The number of hydrogen-bond donors (Lipinski definition) is 2. The first-order chi connectivity index (χ1) is 8.54. The van der Waals surface area contributed by atoms with Gasteiger partial charge in [-0.05, 0) is 12.1 Å². The summed E-state index contributed by atoms with van der Waals surface area (Å²) in [7, 11) is 0. The van der Waals surface area contributed by atoms with E-state index in [1.165, 1.54) is 6.08 Å². The maximum atomic E-state index is 10.7. The van der Waals surface area contributed by atoms with Crippen molar-refractivity contribution in [3.8, 4) is 11.8 Å². The first-order valence-electron chi connectivity index (χ1n) is 4.96. The van der Waals surface area contributed by atoms with Crippen molar-refractivity contribution >= 4 is 29.2 Å². The predicted octanol–water partition coefficient (Wildman–Crippen LogP) is 0.744. The summed E-state index contributed by atoms with van der Waals surface area (Å²) >= 11 is 4.74. The molecule has 4 N–H and O–H groups in total. The number of nitrogens with zero attached hydrogens (tertiary/aromatic N) is 1. The summed E-state index contributed by atoms with van der Waals surface area (Å²) in [5, 5.41) is 8.87. The Morgan fingerprint density at radius 1 is 1.44 bits per heavy atom. The number of rotatable bonds is 5. The van der Waals surface area contributed by atoms with Crippen LogP contribution >= 0.6 is 12.2 Å². The van der Waals surface area contributed by atoms with Gasteiger partial charge in [-0.25, -0.2) is 0 Å². The molecule has 0 aromatic heterocycles. The lowest BCUT2D eigenvalue weighted by Crippen LogP contribution is -2.20. The van der Waals surface area contributed by atoms with Crippen molar-refractivity contribution in [2.45, 2.75) is 0 Å². The number of nitriles is 1. The summed E-state index contributed by atoms with van der Waals surface area (Å²) in [6, 6.07) is 8.76. The maximum absolute atomic E-state index is 10.7. The summed E-state index contributed by atoms with van der Waals surface area (Å²) in [5.41, 5.74) is 11.2. The molecule has 92 valence electrons. The zero-order chi connectivity index (χ0) is 13.5. The molecule has 1 aromatic rings. The number of carbonyl (C=O) groups excluding carboxylic acids is 1. The van der Waals surface area contributed by atoms with Gasteiger partial charge in [-0.3, -0.25) is 4.79 Å². The molecule has 0 aliphatic rings. The molecule has 0 fully saturated rings. The number of thiocarbonyl (C=S) groups is 1. The van der Waals surface area contributed by atoms with E-state index in [1.54, 1.807) is 24.3 Å². The molecule has 18 heavy (non-hydrogen) atoms.